The number of hydrogen-bond donors (Lipinski definition) is 2. The highest BCUT2D eigenvalue weighted by Gasteiger charge is 2.38. The molecule has 18 heavy (non-hydrogen) atoms. The molecule has 1 aliphatic rings. The maximum absolute atomic E-state index is 12.1. The lowest BCUT2D eigenvalue weighted by molar-refractivity contribution is 0.0901. The second-order valence-corrected chi connectivity index (χ2v) is 6.31. The Kier molecular flexibility index (Phi) is 4.02. The monoisotopic (exact) mass is 282 g/mol. The van der Waals surface area contributed by atoms with E-state index < -0.39 is 5.54 Å². The first kappa shape index (κ1) is 13.5. The Morgan fingerprint density at radius 3 is 2.72 bits per heavy atom. The number of amides is 1. The van der Waals surface area contributed by atoms with Crippen molar-refractivity contribution in [2.24, 2.45) is 11.7 Å². The average Bonchev–Trinajstić information content (AvgIpc) is 2.85. The minimum atomic E-state index is -0.485. The Hall–Kier alpha value is -0.940. The lowest BCUT2D eigenvalue weighted by atomic mass is 9.77. The molecule has 0 aromatic carbocycles. The minimum absolute atomic E-state index is 0.0707. The summed E-state index contributed by atoms with van der Waals surface area (Å²) in [6.45, 7) is 2.23. The van der Waals surface area contributed by atoms with Gasteiger partial charge in [-0.1, -0.05) is 19.1 Å². The molecule has 0 radical (unpaired) electrons. The summed E-state index contributed by atoms with van der Waals surface area (Å²) in [6, 6.07) is 1.82. The van der Waals surface area contributed by atoms with Crippen LogP contribution in [0.15, 0.2) is 16.8 Å². The van der Waals surface area contributed by atoms with Crippen molar-refractivity contribution in [2.75, 3.05) is 0 Å². The highest BCUT2D eigenvalue weighted by Crippen LogP contribution is 2.32. The molecule has 1 fully saturated rings. The van der Waals surface area contributed by atoms with Gasteiger partial charge in [-0.15, -0.1) is 0 Å². The Labute approximate surface area is 117 Å². The van der Waals surface area contributed by atoms with E-state index in [1.54, 1.807) is 0 Å². The van der Waals surface area contributed by atoms with Crippen molar-refractivity contribution in [2.45, 2.75) is 38.1 Å². The fraction of sp³-hybridized carbons (Fsp3) is 0.538. The molecule has 0 unspecified atom stereocenters. The Morgan fingerprint density at radius 1 is 1.56 bits per heavy atom. The molecule has 0 aliphatic heterocycles. The van der Waals surface area contributed by atoms with Gasteiger partial charge in [-0.3, -0.25) is 4.79 Å². The third kappa shape index (κ3) is 2.72. The molecule has 0 bridgehead atoms. The van der Waals surface area contributed by atoms with Crippen LogP contribution in [0.5, 0.6) is 0 Å². The number of thiocarbonyl (C=S) groups is 1. The zero-order chi connectivity index (χ0) is 13.2. The molecule has 1 aromatic heterocycles. The third-order valence-corrected chi connectivity index (χ3v) is 4.81. The predicted molar refractivity (Wildman–Crippen MR) is 78.9 cm³/mol. The van der Waals surface area contributed by atoms with Crippen LogP contribution in [0.1, 0.15) is 43.0 Å². The summed E-state index contributed by atoms with van der Waals surface area (Å²) in [5.74, 6) is 0.615. The minimum Gasteiger partial charge on any atom is -0.391 e. The van der Waals surface area contributed by atoms with E-state index in [9.17, 15) is 4.79 Å². The van der Waals surface area contributed by atoms with E-state index in [0.29, 0.717) is 16.5 Å². The number of carbonyl (C=O) groups excluding carboxylic acids is 1. The topological polar surface area (TPSA) is 55.1 Å². The van der Waals surface area contributed by atoms with Crippen LogP contribution in [-0.4, -0.2) is 16.4 Å². The molecule has 0 spiro atoms. The van der Waals surface area contributed by atoms with Gasteiger partial charge in [0.25, 0.3) is 5.91 Å². The first-order chi connectivity index (χ1) is 8.53. The van der Waals surface area contributed by atoms with Gasteiger partial charge in [0, 0.05) is 5.38 Å². The molecule has 1 aliphatic carbocycles. The van der Waals surface area contributed by atoms with Crippen LogP contribution in [0.3, 0.4) is 0 Å². The second kappa shape index (κ2) is 5.36. The van der Waals surface area contributed by atoms with Crippen LogP contribution in [-0.2, 0) is 0 Å². The van der Waals surface area contributed by atoms with Crippen LogP contribution >= 0.6 is 23.6 Å². The smallest absolute Gasteiger partial charge is 0.252 e. The number of nitrogens with two attached hydrogens (primary N) is 1. The van der Waals surface area contributed by atoms with Crippen LogP contribution in [0.25, 0.3) is 0 Å². The molecule has 1 heterocycles. The lowest BCUT2D eigenvalue weighted by Crippen LogP contribution is -2.58. The van der Waals surface area contributed by atoms with E-state index in [-0.39, 0.29) is 5.91 Å². The summed E-state index contributed by atoms with van der Waals surface area (Å²) in [5, 5.41) is 6.79. The summed E-state index contributed by atoms with van der Waals surface area (Å²) >= 11 is 6.69. The molecular weight excluding hydrogens is 264 g/mol. The van der Waals surface area contributed by atoms with Gasteiger partial charge in [0.15, 0.2) is 0 Å². The molecule has 1 amide bonds. The lowest BCUT2D eigenvalue weighted by Gasteiger charge is -2.39. The highest BCUT2D eigenvalue weighted by atomic mass is 32.1. The van der Waals surface area contributed by atoms with Crippen LogP contribution in [0.2, 0.25) is 0 Å². The van der Waals surface area contributed by atoms with Crippen LogP contribution in [0.4, 0.5) is 0 Å². The van der Waals surface area contributed by atoms with E-state index in [2.05, 4.69) is 12.2 Å². The molecule has 3 N–H and O–H groups in total. The number of rotatable bonds is 3. The highest BCUT2D eigenvalue weighted by molar-refractivity contribution is 7.80. The van der Waals surface area contributed by atoms with Crippen molar-refractivity contribution in [1.29, 1.82) is 0 Å². The van der Waals surface area contributed by atoms with Gasteiger partial charge in [-0.25, -0.2) is 0 Å². The summed E-state index contributed by atoms with van der Waals surface area (Å²) in [6.07, 6.45) is 3.81. The summed E-state index contributed by atoms with van der Waals surface area (Å²) < 4.78 is 0. The summed E-state index contributed by atoms with van der Waals surface area (Å²) in [7, 11) is 0. The zero-order valence-corrected chi connectivity index (χ0v) is 12.1. The first-order valence-electron chi connectivity index (χ1n) is 6.18. The van der Waals surface area contributed by atoms with Crippen molar-refractivity contribution < 1.29 is 4.79 Å². The van der Waals surface area contributed by atoms with Gasteiger partial charge in [0.2, 0.25) is 0 Å². The standard InChI is InChI=1S/C13H18N2OS2/c1-9-2-5-13(6-3-9,12(14)17)15-11(16)10-4-7-18-8-10/h4,7-9H,2-3,5-6H2,1H3,(H2,14,17)(H,15,16). The quantitative estimate of drug-likeness (QED) is 0.838. The second-order valence-electron chi connectivity index (χ2n) is 5.10. The van der Waals surface area contributed by atoms with E-state index in [1.165, 1.54) is 11.3 Å². The fourth-order valence-corrected chi connectivity index (χ4v) is 3.26. The summed E-state index contributed by atoms with van der Waals surface area (Å²) in [5.41, 5.74) is 6.07. The van der Waals surface area contributed by atoms with E-state index in [4.69, 9.17) is 18.0 Å². The average molecular weight is 282 g/mol. The van der Waals surface area contributed by atoms with Crippen molar-refractivity contribution in [3.63, 3.8) is 0 Å². The molecule has 1 saturated carbocycles. The maximum Gasteiger partial charge on any atom is 0.252 e. The van der Waals surface area contributed by atoms with E-state index in [1.807, 2.05) is 16.8 Å². The summed E-state index contributed by atoms with van der Waals surface area (Å²) in [4.78, 5) is 12.6. The number of hydrogen-bond acceptors (Lipinski definition) is 3. The first-order valence-corrected chi connectivity index (χ1v) is 7.53. The largest absolute Gasteiger partial charge is 0.391 e. The molecule has 5 heteroatoms. The number of carbonyl (C=O) groups is 1. The molecule has 98 valence electrons. The third-order valence-electron chi connectivity index (χ3n) is 3.74. The van der Waals surface area contributed by atoms with Gasteiger partial charge in [-0.2, -0.15) is 11.3 Å². The van der Waals surface area contributed by atoms with E-state index in [0.717, 1.165) is 25.7 Å². The van der Waals surface area contributed by atoms with Crippen molar-refractivity contribution in [1.82, 2.24) is 5.32 Å². The molecule has 1 aromatic rings. The van der Waals surface area contributed by atoms with Crippen molar-refractivity contribution in [3.8, 4) is 0 Å². The maximum atomic E-state index is 12.1. The molecule has 0 saturated heterocycles. The van der Waals surface area contributed by atoms with E-state index >= 15 is 0 Å². The Bertz CT molecular complexity index is 434. The van der Waals surface area contributed by atoms with Crippen LogP contribution in [0, 0.1) is 5.92 Å². The molecule has 2 rings (SSSR count). The van der Waals surface area contributed by atoms with Gasteiger partial charge < -0.3 is 11.1 Å². The zero-order valence-electron chi connectivity index (χ0n) is 10.4. The number of nitrogens with one attached hydrogen (secondary N) is 1. The van der Waals surface area contributed by atoms with Crippen molar-refractivity contribution >= 4 is 34.5 Å². The van der Waals surface area contributed by atoms with Crippen LogP contribution < -0.4 is 11.1 Å². The van der Waals surface area contributed by atoms with Crippen molar-refractivity contribution in [3.05, 3.63) is 22.4 Å². The molecule has 3 nitrogen and oxygen atoms in total. The van der Waals surface area contributed by atoms with Gasteiger partial charge >= 0.3 is 0 Å². The normalized spacial score (nSPS) is 27.7. The molecule has 0 atom stereocenters. The Balaban J connectivity index is 2.12. The fourth-order valence-electron chi connectivity index (χ4n) is 2.37. The van der Waals surface area contributed by atoms with Gasteiger partial charge in [0.05, 0.1) is 16.1 Å². The molecular formula is C13H18N2OS2. The number of thiophene rings is 1. The van der Waals surface area contributed by atoms with Gasteiger partial charge in [0.1, 0.15) is 0 Å². The van der Waals surface area contributed by atoms with Gasteiger partial charge in [-0.05, 0) is 43.0 Å². The predicted octanol–water partition coefficient (Wildman–Crippen LogP) is 2.71. The SMILES string of the molecule is CC1CCC(NC(=O)c2ccsc2)(C(N)=S)CC1. The Morgan fingerprint density at radius 2 is 2.22 bits per heavy atom.